The fourth-order valence-corrected chi connectivity index (χ4v) is 2.61. The quantitative estimate of drug-likeness (QED) is 0.421. The first kappa shape index (κ1) is 15.2. The second kappa shape index (κ2) is 6.18. The number of carbonyl (C=O) groups is 1. The second-order valence-electron chi connectivity index (χ2n) is 4.85. The molecule has 0 unspecified atom stereocenters. The lowest BCUT2D eigenvalue weighted by molar-refractivity contribution is 0.104. The molecule has 1 N–H and O–H groups in total. The van der Waals surface area contributed by atoms with Crippen molar-refractivity contribution >= 4 is 34.1 Å². The number of rotatable bonds is 4. The van der Waals surface area contributed by atoms with Crippen LogP contribution in [0.25, 0.3) is 16.7 Å². The fraction of sp³-hybridized carbons (Fsp3) is 0.0556. The van der Waals surface area contributed by atoms with Crippen molar-refractivity contribution < 1.29 is 19.1 Å². The average Bonchev–Trinajstić information content (AvgIpc) is 3.02. The highest BCUT2D eigenvalue weighted by Crippen LogP contribution is 2.34. The van der Waals surface area contributed by atoms with Crippen LogP contribution in [-0.2, 0) is 0 Å². The van der Waals surface area contributed by atoms with Gasteiger partial charge in [-0.25, -0.2) is 0 Å². The number of carbonyl (C=O) groups excluding carboxylic acids is 1. The van der Waals surface area contributed by atoms with Crippen molar-refractivity contribution in [1.29, 1.82) is 0 Å². The minimum absolute atomic E-state index is 0.199. The number of aliphatic hydroxyl groups is 1. The minimum atomic E-state index is -0.387. The number of hydrogen-bond donors (Lipinski definition) is 1. The molecule has 0 bridgehead atoms. The van der Waals surface area contributed by atoms with Gasteiger partial charge in [-0.1, -0.05) is 23.7 Å². The molecule has 2 aromatic carbocycles. The Kier molecular flexibility index (Phi) is 4.08. The van der Waals surface area contributed by atoms with Gasteiger partial charge >= 0.3 is 0 Å². The van der Waals surface area contributed by atoms with Gasteiger partial charge in [-0.15, -0.1) is 0 Å². The Balaban J connectivity index is 2.04. The van der Waals surface area contributed by atoms with Crippen molar-refractivity contribution in [2.75, 3.05) is 7.11 Å². The summed E-state index contributed by atoms with van der Waals surface area (Å²) in [6, 6.07) is 11.7. The van der Waals surface area contributed by atoms with E-state index in [1.807, 2.05) is 0 Å². The lowest BCUT2D eigenvalue weighted by Gasteiger charge is -2.09. The van der Waals surface area contributed by atoms with Crippen LogP contribution in [0.4, 0.5) is 0 Å². The maximum absolute atomic E-state index is 12.3. The van der Waals surface area contributed by atoms with Crippen LogP contribution in [-0.4, -0.2) is 18.0 Å². The largest absolute Gasteiger partial charge is 0.507 e. The molecule has 3 rings (SSSR count). The van der Waals surface area contributed by atoms with Gasteiger partial charge in [-0.3, -0.25) is 4.79 Å². The molecule has 0 atom stereocenters. The van der Waals surface area contributed by atoms with Gasteiger partial charge in [0.1, 0.15) is 17.1 Å². The van der Waals surface area contributed by atoms with Crippen molar-refractivity contribution in [2.24, 2.45) is 0 Å². The molecule has 0 aliphatic rings. The molecule has 0 amide bonds. The third kappa shape index (κ3) is 2.81. The third-order valence-corrected chi connectivity index (χ3v) is 3.80. The zero-order valence-corrected chi connectivity index (χ0v) is 13.0. The SMILES string of the molecule is COc1c(/C(O)=C/C(=O)c2ccccc2Cl)ccc2occc12. The lowest BCUT2D eigenvalue weighted by Crippen LogP contribution is -1.99. The smallest absolute Gasteiger partial charge is 0.191 e. The number of ketones is 1. The molecule has 4 nitrogen and oxygen atoms in total. The van der Waals surface area contributed by atoms with Gasteiger partial charge in [0.2, 0.25) is 0 Å². The Bertz CT molecular complexity index is 908. The van der Waals surface area contributed by atoms with E-state index < -0.39 is 0 Å². The molecule has 0 aliphatic carbocycles. The molecule has 3 aromatic rings. The van der Waals surface area contributed by atoms with E-state index in [0.717, 1.165) is 11.5 Å². The van der Waals surface area contributed by atoms with Crippen LogP contribution in [0.3, 0.4) is 0 Å². The van der Waals surface area contributed by atoms with Gasteiger partial charge in [0.15, 0.2) is 5.78 Å². The Morgan fingerprint density at radius 2 is 1.96 bits per heavy atom. The second-order valence-corrected chi connectivity index (χ2v) is 5.26. The van der Waals surface area contributed by atoms with E-state index in [4.69, 9.17) is 20.8 Å². The minimum Gasteiger partial charge on any atom is -0.507 e. The van der Waals surface area contributed by atoms with E-state index in [1.165, 1.54) is 13.4 Å². The van der Waals surface area contributed by atoms with Gasteiger partial charge in [0.25, 0.3) is 0 Å². The van der Waals surface area contributed by atoms with Gasteiger partial charge in [-0.2, -0.15) is 0 Å². The Morgan fingerprint density at radius 1 is 1.17 bits per heavy atom. The summed E-state index contributed by atoms with van der Waals surface area (Å²) in [7, 11) is 1.49. The molecule has 23 heavy (non-hydrogen) atoms. The van der Waals surface area contributed by atoms with E-state index in [9.17, 15) is 9.90 Å². The molecule has 0 spiro atoms. The van der Waals surface area contributed by atoms with Crippen LogP contribution in [0.2, 0.25) is 5.02 Å². The van der Waals surface area contributed by atoms with Gasteiger partial charge in [0.05, 0.1) is 29.3 Å². The average molecular weight is 329 g/mol. The third-order valence-electron chi connectivity index (χ3n) is 3.47. The molecule has 5 heteroatoms. The summed E-state index contributed by atoms with van der Waals surface area (Å²) in [5.74, 6) is -0.144. The predicted molar refractivity (Wildman–Crippen MR) is 89.2 cm³/mol. The Morgan fingerprint density at radius 3 is 2.70 bits per heavy atom. The highest BCUT2D eigenvalue weighted by molar-refractivity contribution is 6.34. The molecule has 0 fully saturated rings. The number of fused-ring (bicyclic) bond motifs is 1. The van der Waals surface area contributed by atoms with E-state index in [1.54, 1.807) is 42.5 Å². The van der Waals surface area contributed by atoms with Crippen molar-refractivity contribution in [1.82, 2.24) is 0 Å². The van der Waals surface area contributed by atoms with Crippen LogP contribution in [0.15, 0.2) is 59.2 Å². The van der Waals surface area contributed by atoms with E-state index >= 15 is 0 Å². The first-order valence-electron chi connectivity index (χ1n) is 6.86. The summed E-state index contributed by atoms with van der Waals surface area (Å²) < 4.78 is 10.6. The molecule has 1 aromatic heterocycles. The molecule has 0 saturated heterocycles. The number of halogens is 1. The number of benzene rings is 2. The number of allylic oxidation sites excluding steroid dienone is 1. The summed E-state index contributed by atoms with van der Waals surface area (Å²) in [6.45, 7) is 0. The zero-order valence-electron chi connectivity index (χ0n) is 12.2. The van der Waals surface area contributed by atoms with Crippen LogP contribution < -0.4 is 4.74 Å². The molecular weight excluding hydrogens is 316 g/mol. The Hall–Kier alpha value is -2.72. The van der Waals surface area contributed by atoms with E-state index in [0.29, 0.717) is 27.5 Å². The van der Waals surface area contributed by atoms with Crippen molar-refractivity contribution in [3.63, 3.8) is 0 Å². The van der Waals surface area contributed by atoms with E-state index in [2.05, 4.69) is 0 Å². The van der Waals surface area contributed by atoms with Crippen molar-refractivity contribution in [2.45, 2.75) is 0 Å². The maximum atomic E-state index is 12.3. The summed E-state index contributed by atoms with van der Waals surface area (Å²) in [6.07, 6.45) is 2.66. The summed E-state index contributed by atoms with van der Waals surface area (Å²) >= 11 is 6.00. The highest BCUT2D eigenvalue weighted by Gasteiger charge is 2.15. The molecule has 0 radical (unpaired) electrons. The molecule has 1 heterocycles. The van der Waals surface area contributed by atoms with Crippen LogP contribution in [0.5, 0.6) is 5.75 Å². The number of furan rings is 1. The number of ether oxygens (including phenoxy) is 1. The molecule has 116 valence electrons. The van der Waals surface area contributed by atoms with Gasteiger partial charge < -0.3 is 14.3 Å². The zero-order chi connectivity index (χ0) is 16.4. The summed E-state index contributed by atoms with van der Waals surface area (Å²) in [5, 5.41) is 11.4. The molecule has 0 aliphatic heterocycles. The first-order chi connectivity index (χ1) is 11.1. The number of aliphatic hydroxyl groups excluding tert-OH is 1. The summed E-state index contributed by atoms with van der Waals surface area (Å²) in [4.78, 5) is 12.3. The molecule has 0 saturated carbocycles. The number of hydrogen-bond acceptors (Lipinski definition) is 4. The number of methoxy groups -OCH3 is 1. The first-order valence-corrected chi connectivity index (χ1v) is 7.23. The van der Waals surface area contributed by atoms with Gasteiger partial charge in [0, 0.05) is 11.6 Å². The maximum Gasteiger partial charge on any atom is 0.191 e. The monoisotopic (exact) mass is 328 g/mol. The lowest BCUT2D eigenvalue weighted by atomic mass is 10.1. The summed E-state index contributed by atoms with van der Waals surface area (Å²) in [5.41, 5.74) is 1.36. The van der Waals surface area contributed by atoms with E-state index in [-0.39, 0.29) is 11.5 Å². The van der Waals surface area contributed by atoms with Crippen LogP contribution in [0, 0.1) is 0 Å². The van der Waals surface area contributed by atoms with Crippen molar-refractivity contribution in [3.8, 4) is 5.75 Å². The normalized spacial score (nSPS) is 11.7. The van der Waals surface area contributed by atoms with Crippen LogP contribution in [0.1, 0.15) is 15.9 Å². The van der Waals surface area contributed by atoms with Gasteiger partial charge in [-0.05, 0) is 30.3 Å². The van der Waals surface area contributed by atoms with Crippen LogP contribution >= 0.6 is 11.6 Å². The Labute approximate surface area is 137 Å². The standard InChI is InChI=1S/C18H13ClO4/c1-22-18-12(6-7-17-13(18)8-9-23-17)16(21)10-15(20)11-4-2-3-5-14(11)19/h2-10,21H,1H3/b16-10-. The molecular formula is C18H13ClO4. The fourth-order valence-electron chi connectivity index (χ4n) is 2.38. The van der Waals surface area contributed by atoms with Crippen molar-refractivity contribution in [3.05, 3.63) is 71.0 Å². The topological polar surface area (TPSA) is 59.7 Å². The highest BCUT2D eigenvalue weighted by atomic mass is 35.5. The predicted octanol–water partition coefficient (Wildman–Crippen LogP) is 4.88.